The van der Waals surface area contributed by atoms with Crippen LogP contribution in [0.2, 0.25) is 0 Å². The number of carbonyl (C=O) groups is 1. The number of piperazine rings is 1. The van der Waals surface area contributed by atoms with E-state index in [2.05, 4.69) is 52.3 Å². The third-order valence-corrected chi connectivity index (χ3v) is 7.15. The maximum absolute atomic E-state index is 13.0. The van der Waals surface area contributed by atoms with E-state index in [1.54, 1.807) is 0 Å². The highest BCUT2D eigenvalue weighted by molar-refractivity contribution is 5.93. The second-order valence-corrected chi connectivity index (χ2v) is 9.07. The zero-order valence-corrected chi connectivity index (χ0v) is 19.4. The third-order valence-electron chi connectivity index (χ3n) is 7.15. The number of hydrogen-bond acceptors (Lipinski definition) is 4. The second kappa shape index (κ2) is 11.1. The smallest absolute Gasteiger partial charge is 0.226 e. The predicted octanol–water partition coefficient (Wildman–Crippen LogP) is 3.84. The Morgan fingerprint density at radius 3 is 2.19 bits per heavy atom. The van der Waals surface area contributed by atoms with Crippen molar-refractivity contribution in [1.82, 2.24) is 9.80 Å². The summed E-state index contributed by atoms with van der Waals surface area (Å²) < 4.78 is 5.76. The summed E-state index contributed by atoms with van der Waals surface area (Å²) in [6, 6.07) is 20.9. The molecule has 0 radical (unpaired) electrons. The van der Waals surface area contributed by atoms with Gasteiger partial charge >= 0.3 is 0 Å². The molecule has 2 heterocycles. The van der Waals surface area contributed by atoms with Gasteiger partial charge in [0.05, 0.1) is 0 Å². The van der Waals surface area contributed by atoms with Crippen molar-refractivity contribution in [3.8, 4) is 0 Å². The molecular weight excluding hydrogens is 398 g/mol. The van der Waals surface area contributed by atoms with E-state index in [0.717, 1.165) is 77.4 Å². The molecular formula is C27H37N3O2. The number of rotatable bonds is 8. The zero-order chi connectivity index (χ0) is 22.2. The summed E-state index contributed by atoms with van der Waals surface area (Å²) in [5.74, 6) is 0.198. The van der Waals surface area contributed by atoms with Crippen LogP contribution in [0.15, 0.2) is 60.7 Å². The van der Waals surface area contributed by atoms with Crippen molar-refractivity contribution in [2.75, 3.05) is 57.4 Å². The molecule has 0 atom stereocenters. The summed E-state index contributed by atoms with van der Waals surface area (Å²) in [5, 5.41) is 0. The molecule has 2 aliphatic heterocycles. The molecule has 172 valence electrons. The van der Waals surface area contributed by atoms with Crippen LogP contribution >= 0.6 is 0 Å². The first kappa shape index (κ1) is 23.0. The van der Waals surface area contributed by atoms with Crippen molar-refractivity contribution in [1.29, 1.82) is 0 Å². The number of anilines is 1. The minimum atomic E-state index is -0.00948. The van der Waals surface area contributed by atoms with Crippen LogP contribution in [0.25, 0.3) is 0 Å². The van der Waals surface area contributed by atoms with Gasteiger partial charge in [-0.1, -0.05) is 55.5 Å². The largest absolute Gasteiger partial charge is 0.381 e. The number of benzene rings is 2. The quantitative estimate of drug-likeness (QED) is 0.631. The predicted molar refractivity (Wildman–Crippen MR) is 130 cm³/mol. The maximum atomic E-state index is 13.0. The summed E-state index contributed by atoms with van der Waals surface area (Å²) in [4.78, 5) is 20.2. The SMILES string of the molecule is CCC(=O)N(CC1(N2CCN(CCc3ccccc3)CC2)CCOCC1)c1ccccc1. The van der Waals surface area contributed by atoms with E-state index in [9.17, 15) is 4.79 Å². The van der Waals surface area contributed by atoms with Gasteiger partial charge < -0.3 is 14.5 Å². The Balaban J connectivity index is 1.43. The van der Waals surface area contributed by atoms with Gasteiger partial charge in [-0.15, -0.1) is 0 Å². The molecule has 2 aromatic rings. The third kappa shape index (κ3) is 5.58. The molecule has 2 aliphatic rings. The molecule has 4 rings (SSSR count). The molecule has 0 spiro atoms. The topological polar surface area (TPSA) is 36.0 Å². The monoisotopic (exact) mass is 435 g/mol. The highest BCUT2D eigenvalue weighted by Crippen LogP contribution is 2.32. The number of hydrogen-bond donors (Lipinski definition) is 0. The molecule has 0 bridgehead atoms. The van der Waals surface area contributed by atoms with E-state index < -0.39 is 0 Å². The fraction of sp³-hybridized carbons (Fsp3) is 0.519. The van der Waals surface area contributed by atoms with Crippen molar-refractivity contribution in [2.45, 2.75) is 38.1 Å². The molecule has 5 nitrogen and oxygen atoms in total. The van der Waals surface area contributed by atoms with Gasteiger partial charge in [-0.25, -0.2) is 0 Å². The van der Waals surface area contributed by atoms with E-state index in [1.165, 1.54) is 5.56 Å². The lowest BCUT2D eigenvalue weighted by Crippen LogP contribution is -2.63. The van der Waals surface area contributed by atoms with Crippen molar-refractivity contribution >= 4 is 11.6 Å². The van der Waals surface area contributed by atoms with Gasteiger partial charge in [0.15, 0.2) is 0 Å². The normalized spacial score (nSPS) is 19.5. The summed E-state index contributed by atoms with van der Waals surface area (Å²) in [5.41, 5.74) is 2.41. The fourth-order valence-corrected chi connectivity index (χ4v) is 5.12. The lowest BCUT2D eigenvalue weighted by molar-refractivity contribution is -0.119. The Hall–Kier alpha value is -2.21. The van der Waals surface area contributed by atoms with Gasteiger partial charge in [-0.05, 0) is 37.0 Å². The van der Waals surface area contributed by atoms with Gasteiger partial charge in [0.25, 0.3) is 0 Å². The Kier molecular flexibility index (Phi) is 7.95. The highest BCUT2D eigenvalue weighted by Gasteiger charge is 2.42. The molecule has 2 saturated heterocycles. The minimum absolute atomic E-state index is 0.00948. The lowest BCUT2D eigenvalue weighted by atomic mass is 9.86. The van der Waals surface area contributed by atoms with E-state index >= 15 is 0 Å². The van der Waals surface area contributed by atoms with Gasteiger partial charge in [-0.3, -0.25) is 9.69 Å². The Labute approximate surface area is 193 Å². The van der Waals surface area contributed by atoms with Crippen LogP contribution < -0.4 is 4.90 Å². The number of amides is 1. The van der Waals surface area contributed by atoms with Gasteiger partial charge in [0, 0.05) is 70.1 Å². The van der Waals surface area contributed by atoms with E-state index in [4.69, 9.17) is 4.74 Å². The number of para-hydroxylation sites is 1. The summed E-state index contributed by atoms with van der Waals surface area (Å²) >= 11 is 0. The average molecular weight is 436 g/mol. The van der Waals surface area contributed by atoms with Crippen LogP contribution in [0.1, 0.15) is 31.7 Å². The summed E-state index contributed by atoms with van der Waals surface area (Å²) in [6.45, 7) is 9.64. The first-order valence-corrected chi connectivity index (χ1v) is 12.1. The number of carbonyl (C=O) groups excluding carboxylic acids is 1. The Bertz CT molecular complexity index is 828. The van der Waals surface area contributed by atoms with Crippen LogP contribution in [0, 0.1) is 0 Å². The van der Waals surface area contributed by atoms with Crippen LogP contribution in [0.4, 0.5) is 5.69 Å². The van der Waals surface area contributed by atoms with Crippen molar-refractivity contribution in [3.63, 3.8) is 0 Å². The van der Waals surface area contributed by atoms with E-state index in [1.807, 2.05) is 30.0 Å². The molecule has 0 unspecified atom stereocenters. The van der Waals surface area contributed by atoms with Crippen LogP contribution in [0.3, 0.4) is 0 Å². The first-order chi connectivity index (χ1) is 15.7. The number of ether oxygens (including phenoxy) is 1. The first-order valence-electron chi connectivity index (χ1n) is 12.1. The van der Waals surface area contributed by atoms with Crippen LogP contribution in [0.5, 0.6) is 0 Å². The fourth-order valence-electron chi connectivity index (χ4n) is 5.12. The minimum Gasteiger partial charge on any atom is -0.381 e. The molecule has 0 aliphatic carbocycles. The molecule has 32 heavy (non-hydrogen) atoms. The van der Waals surface area contributed by atoms with E-state index in [-0.39, 0.29) is 11.4 Å². The zero-order valence-electron chi connectivity index (χ0n) is 19.4. The average Bonchev–Trinajstić information content (AvgIpc) is 2.87. The van der Waals surface area contributed by atoms with Crippen molar-refractivity contribution in [2.24, 2.45) is 0 Å². The van der Waals surface area contributed by atoms with Crippen molar-refractivity contribution in [3.05, 3.63) is 66.2 Å². The molecule has 0 saturated carbocycles. The Morgan fingerprint density at radius 1 is 0.938 bits per heavy atom. The molecule has 2 fully saturated rings. The number of nitrogens with zero attached hydrogens (tertiary/aromatic N) is 3. The lowest BCUT2D eigenvalue weighted by Gasteiger charge is -2.51. The van der Waals surface area contributed by atoms with Gasteiger partial charge in [0.1, 0.15) is 0 Å². The van der Waals surface area contributed by atoms with Gasteiger partial charge in [0.2, 0.25) is 5.91 Å². The van der Waals surface area contributed by atoms with Crippen molar-refractivity contribution < 1.29 is 9.53 Å². The highest BCUT2D eigenvalue weighted by atomic mass is 16.5. The maximum Gasteiger partial charge on any atom is 0.226 e. The molecule has 1 amide bonds. The second-order valence-electron chi connectivity index (χ2n) is 9.07. The summed E-state index contributed by atoms with van der Waals surface area (Å²) in [7, 11) is 0. The van der Waals surface area contributed by atoms with E-state index in [0.29, 0.717) is 6.42 Å². The van der Waals surface area contributed by atoms with Gasteiger partial charge in [-0.2, -0.15) is 0 Å². The molecule has 2 aromatic carbocycles. The molecule has 0 aromatic heterocycles. The van der Waals surface area contributed by atoms with Crippen LogP contribution in [-0.2, 0) is 16.0 Å². The summed E-state index contributed by atoms with van der Waals surface area (Å²) in [6.07, 6.45) is 3.59. The molecule has 0 N–H and O–H groups in total. The Morgan fingerprint density at radius 2 is 1.56 bits per heavy atom. The standard InChI is InChI=1S/C27H37N3O2/c1-2-26(31)30(25-11-7-4-8-12-25)23-27(14-21-32-22-15-27)29-19-17-28(18-20-29)16-13-24-9-5-3-6-10-24/h3-12H,2,13-23H2,1H3. The molecule has 5 heteroatoms. The van der Waals surface area contributed by atoms with Crippen LogP contribution in [-0.4, -0.2) is 73.7 Å².